The van der Waals surface area contributed by atoms with Gasteiger partial charge in [0.15, 0.2) is 23.3 Å². The first-order valence-corrected chi connectivity index (χ1v) is 9.20. The first-order valence-electron chi connectivity index (χ1n) is 9.20. The number of carboxylic acid groups (broad SMARTS) is 1. The summed E-state index contributed by atoms with van der Waals surface area (Å²) in [5, 5.41) is 9.18. The second kappa shape index (κ2) is 8.81. The van der Waals surface area contributed by atoms with Crippen molar-refractivity contribution in [3.63, 3.8) is 0 Å². The lowest BCUT2D eigenvalue weighted by atomic mass is 9.81. The van der Waals surface area contributed by atoms with Crippen molar-refractivity contribution >= 4 is 11.9 Å². The number of rotatable bonds is 6. The molecule has 2 aromatic carbocycles. The van der Waals surface area contributed by atoms with Gasteiger partial charge < -0.3 is 9.84 Å². The number of hydrogen-bond acceptors (Lipinski definition) is 3. The molecule has 1 fully saturated rings. The number of halogens is 5. The summed E-state index contributed by atoms with van der Waals surface area (Å²) in [6.07, 6.45) is -0.415. The zero-order chi connectivity index (χ0) is 22.0. The number of ether oxygens (including phenoxy) is 1. The van der Waals surface area contributed by atoms with Crippen molar-refractivity contribution < 1.29 is 41.4 Å². The molecule has 160 valence electrons. The smallest absolute Gasteiger partial charge is 0.311 e. The lowest BCUT2D eigenvalue weighted by Gasteiger charge is -2.24. The number of carbonyl (C=O) groups excluding carboxylic acids is 1. The van der Waals surface area contributed by atoms with Crippen LogP contribution < -0.4 is 4.74 Å². The fourth-order valence-corrected chi connectivity index (χ4v) is 3.90. The van der Waals surface area contributed by atoms with Gasteiger partial charge in [-0.2, -0.15) is 0 Å². The van der Waals surface area contributed by atoms with Crippen LogP contribution in [0.3, 0.4) is 0 Å². The molecular weight excluding hydrogens is 411 g/mol. The fraction of sp³-hybridized carbons (Fsp3) is 0.333. The van der Waals surface area contributed by atoms with Gasteiger partial charge in [-0.25, -0.2) is 22.0 Å². The second-order valence-corrected chi connectivity index (χ2v) is 7.19. The fourth-order valence-electron chi connectivity index (χ4n) is 3.90. The first kappa shape index (κ1) is 21.7. The predicted octanol–water partition coefficient (Wildman–Crippen LogP) is 4.96. The van der Waals surface area contributed by atoms with E-state index < -0.39 is 70.8 Å². The van der Waals surface area contributed by atoms with Gasteiger partial charge >= 0.3 is 11.9 Å². The maximum atomic E-state index is 14.4. The molecule has 9 heteroatoms. The molecule has 0 spiro atoms. The maximum Gasteiger partial charge on any atom is 0.311 e. The van der Waals surface area contributed by atoms with E-state index in [9.17, 15) is 36.6 Å². The molecule has 1 aliphatic rings. The molecule has 3 atom stereocenters. The average molecular weight is 428 g/mol. The Hall–Kier alpha value is -2.97. The standard InChI is InChI=1S/C21H17F5O4/c22-16-15(17(23)19(25)20(26)18(16)24)13(10-6-7-11(8-10)21(28)29)9-14(27)30-12-4-2-1-3-5-12/h1-5,10-11,13H,6-9H2,(H,28,29). The third-order valence-electron chi connectivity index (χ3n) is 5.37. The van der Waals surface area contributed by atoms with Crippen molar-refractivity contribution in [2.24, 2.45) is 11.8 Å². The Balaban J connectivity index is 1.97. The highest BCUT2D eigenvalue weighted by Gasteiger charge is 2.40. The Bertz CT molecular complexity index is 935. The van der Waals surface area contributed by atoms with E-state index in [1.54, 1.807) is 18.2 Å². The minimum atomic E-state index is -2.30. The lowest BCUT2D eigenvalue weighted by molar-refractivity contribution is -0.141. The van der Waals surface area contributed by atoms with Crippen molar-refractivity contribution in [1.29, 1.82) is 0 Å². The quantitative estimate of drug-likeness (QED) is 0.232. The van der Waals surface area contributed by atoms with Crippen molar-refractivity contribution in [3.05, 3.63) is 65.0 Å². The Morgan fingerprint density at radius 2 is 1.50 bits per heavy atom. The summed E-state index contributed by atoms with van der Waals surface area (Å²) in [7, 11) is 0. The van der Waals surface area contributed by atoms with E-state index in [-0.39, 0.29) is 25.0 Å². The normalized spacial score (nSPS) is 19.5. The number of benzene rings is 2. The van der Waals surface area contributed by atoms with Crippen LogP contribution in [0.2, 0.25) is 0 Å². The minimum absolute atomic E-state index is 0.0574. The highest BCUT2D eigenvalue weighted by atomic mass is 19.2. The van der Waals surface area contributed by atoms with E-state index >= 15 is 0 Å². The van der Waals surface area contributed by atoms with Gasteiger partial charge in [-0.15, -0.1) is 0 Å². The van der Waals surface area contributed by atoms with Crippen molar-refractivity contribution in [2.75, 3.05) is 0 Å². The van der Waals surface area contributed by atoms with Crippen molar-refractivity contribution in [2.45, 2.75) is 31.6 Å². The van der Waals surface area contributed by atoms with Gasteiger partial charge in [0.05, 0.1) is 12.3 Å². The van der Waals surface area contributed by atoms with E-state index in [1.807, 2.05) is 0 Å². The Morgan fingerprint density at radius 3 is 2.03 bits per heavy atom. The van der Waals surface area contributed by atoms with E-state index in [0.29, 0.717) is 0 Å². The van der Waals surface area contributed by atoms with E-state index in [2.05, 4.69) is 0 Å². The molecule has 3 unspecified atom stereocenters. The monoisotopic (exact) mass is 428 g/mol. The molecule has 0 aromatic heterocycles. The van der Waals surface area contributed by atoms with Crippen LogP contribution in [0, 0.1) is 40.9 Å². The summed E-state index contributed by atoms with van der Waals surface area (Å²) >= 11 is 0. The lowest BCUT2D eigenvalue weighted by Crippen LogP contribution is -2.23. The number of para-hydroxylation sites is 1. The third kappa shape index (κ3) is 4.29. The van der Waals surface area contributed by atoms with Crippen LogP contribution in [0.4, 0.5) is 22.0 Å². The molecule has 4 nitrogen and oxygen atoms in total. The van der Waals surface area contributed by atoms with Crippen LogP contribution >= 0.6 is 0 Å². The number of aliphatic carboxylic acids is 1. The Morgan fingerprint density at radius 1 is 0.933 bits per heavy atom. The van der Waals surface area contributed by atoms with E-state index in [1.165, 1.54) is 12.1 Å². The van der Waals surface area contributed by atoms with Gasteiger partial charge in [0, 0.05) is 11.5 Å². The molecule has 0 amide bonds. The van der Waals surface area contributed by atoms with Gasteiger partial charge in [-0.1, -0.05) is 18.2 Å². The molecule has 1 saturated carbocycles. The molecule has 2 aromatic rings. The highest BCUT2D eigenvalue weighted by Crippen LogP contribution is 2.44. The van der Waals surface area contributed by atoms with Crippen LogP contribution in [0.1, 0.15) is 37.2 Å². The molecule has 1 aliphatic carbocycles. The van der Waals surface area contributed by atoms with Crippen molar-refractivity contribution in [3.8, 4) is 5.75 Å². The SMILES string of the molecule is O=C(CC(c1c(F)c(F)c(F)c(F)c1F)C1CCC(C(=O)O)C1)Oc1ccccc1. The Labute approximate surface area is 168 Å². The Kier molecular flexibility index (Phi) is 6.38. The summed E-state index contributed by atoms with van der Waals surface area (Å²) in [6.45, 7) is 0. The number of esters is 1. The average Bonchev–Trinajstić information content (AvgIpc) is 3.21. The van der Waals surface area contributed by atoms with Crippen LogP contribution in [0.25, 0.3) is 0 Å². The molecule has 0 aliphatic heterocycles. The van der Waals surface area contributed by atoms with E-state index in [4.69, 9.17) is 4.74 Å². The van der Waals surface area contributed by atoms with Gasteiger partial charge in [0.1, 0.15) is 5.75 Å². The summed E-state index contributed by atoms with van der Waals surface area (Å²) in [4.78, 5) is 23.6. The van der Waals surface area contributed by atoms with Crippen LogP contribution in [0.5, 0.6) is 5.75 Å². The summed E-state index contributed by atoms with van der Waals surface area (Å²) < 4.78 is 75.0. The molecule has 0 bridgehead atoms. The largest absolute Gasteiger partial charge is 0.481 e. The highest BCUT2D eigenvalue weighted by molar-refractivity contribution is 5.74. The molecule has 0 heterocycles. The van der Waals surface area contributed by atoms with E-state index in [0.717, 1.165) is 0 Å². The van der Waals surface area contributed by atoms with Crippen LogP contribution in [0.15, 0.2) is 30.3 Å². The molecule has 0 saturated heterocycles. The zero-order valence-corrected chi connectivity index (χ0v) is 15.5. The molecule has 1 N–H and O–H groups in total. The molecular formula is C21H17F5O4. The molecule has 3 rings (SSSR count). The molecule has 30 heavy (non-hydrogen) atoms. The first-order chi connectivity index (χ1) is 14.2. The van der Waals surface area contributed by atoms with Crippen LogP contribution in [-0.2, 0) is 9.59 Å². The summed E-state index contributed by atoms with van der Waals surface area (Å²) in [6, 6.07) is 7.75. The van der Waals surface area contributed by atoms with Gasteiger partial charge in [-0.05, 0) is 37.3 Å². The number of carboxylic acids is 1. The predicted molar refractivity (Wildman–Crippen MR) is 94.1 cm³/mol. The minimum Gasteiger partial charge on any atom is -0.481 e. The van der Waals surface area contributed by atoms with Gasteiger partial charge in [-0.3, -0.25) is 9.59 Å². The number of hydrogen-bond donors (Lipinski definition) is 1. The third-order valence-corrected chi connectivity index (χ3v) is 5.37. The van der Waals surface area contributed by atoms with Gasteiger partial charge in [0.2, 0.25) is 5.82 Å². The van der Waals surface area contributed by atoms with Gasteiger partial charge in [0.25, 0.3) is 0 Å². The summed E-state index contributed by atoms with van der Waals surface area (Å²) in [5.74, 6) is -15.5. The maximum absolute atomic E-state index is 14.4. The zero-order valence-electron chi connectivity index (χ0n) is 15.5. The van der Waals surface area contributed by atoms with Crippen LogP contribution in [-0.4, -0.2) is 17.0 Å². The topological polar surface area (TPSA) is 63.6 Å². The molecule has 0 radical (unpaired) electrons. The number of carbonyl (C=O) groups is 2. The summed E-state index contributed by atoms with van der Waals surface area (Å²) in [5.41, 5.74) is -1.12. The second-order valence-electron chi connectivity index (χ2n) is 7.19. The van der Waals surface area contributed by atoms with Crippen molar-refractivity contribution in [1.82, 2.24) is 0 Å².